The monoisotopic (exact) mass is 462 g/mol. The lowest BCUT2D eigenvalue weighted by Gasteiger charge is -2.28. The molecule has 170 valence electrons. The number of hydrogen-bond donors (Lipinski definition) is 2. The van der Waals surface area contributed by atoms with Gasteiger partial charge in [-0.1, -0.05) is 0 Å². The Morgan fingerprint density at radius 2 is 1.94 bits per heavy atom. The Morgan fingerprint density at radius 1 is 1.12 bits per heavy atom. The minimum atomic E-state index is -0.0864. The Bertz CT molecular complexity index is 1330. The second-order valence-electron chi connectivity index (χ2n) is 8.30. The lowest BCUT2D eigenvalue weighted by Crippen LogP contribution is -2.43. The van der Waals surface area contributed by atoms with Gasteiger partial charge >= 0.3 is 0 Å². The average molecular weight is 463 g/mol. The number of thiazole rings is 1. The zero-order valence-corrected chi connectivity index (χ0v) is 19.7. The van der Waals surface area contributed by atoms with Gasteiger partial charge in [-0.3, -0.25) is 9.36 Å². The molecule has 4 aromatic heterocycles. The second kappa shape index (κ2) is 8.87. The molecule has 0 amide bonds. The maximum absolute atomic E-state index is 13.4. The Labute approximate surface area is 195 Å². The summed E-state index contributed by atoms with van der Waals surface area (Å²) in [6.07, 6.45) is 5.28. The summed E-state index contributed by atoms with van der Waals surface area (Å²) in [7, 11) is 0. The van der Waals surface area contributed by atoms with Gasteiger partial charge in [0.15, 0.2) is 0 Å². The highest BCUT2D eigenvalue weighted by molar-refractivity contribution is 7.13. The molecule has 5 rings (SSSR count). The first kappa shape index (κ1) is 21.5. The third-order valence-electron chi connectivity index (χ3n) is 5.82. The van der Waals surface area contributed by atoms with Crippen LogP contribution in [-0.2, 0) is 0 Å². The highest BCUT2D eigenvalue weighted by Gasteiger charge is 2.20. The smallest absolute Gasteiger partial charge is 0.263 e. The Hall–Kier alpha value is -3.37. The first-order valence-corrected chi connectivity index (χ1v) is 11.9. The fourth-order valence-corrected chi connectivity index (χ4v) is 4.87. The van der Waals surface area contributed by atoms with Crippen LogP contribution in [0.1, 0.15) is 25.5 Å². The van der Waals surface area contributed by atoms with Crippen LogP contribution in [0, 0.1) is 6.92 Å². The number of hydrogen-bond acceptors (Lipinski definition) is 9. The van der Waals surface area contributed by atoms with Crippen molar-refractivity contribution in [2.45, 2.75) is 26.8 Å². The molecule has 1 aliphatic rings. The van der Waals surface area contributed by atoms with E-state index in [1.54, 1.807) is 23.2 Å². The first-order chi connectivity index (χ1) is 16.0. The molecule has 1 aliphatic heterocycles. The number of pyridine rings is 2. The van der Waals surface area contributed by atoms with Gasteiger partial charge in [0.1, 0.15) is 16.5 Å². The van der Waals surface area contributed by atoms with Gasteiger partial charge in [0, 0.05) is 55.4 Å². The predicted octanol–water partition coefficient (Wildman–Crippen LogP) is 3.35. The largest absolute Gasteiger partial charge is 0.354 e. The van der Waals surface area contributed by atoms with E-state index in [9.17, 15) is 4.79 Å². The molecule has 0 aromatic carbocycles. The highest BCUT2D eigenvalue weighted by Crippen LogP contribution is 2.29. The van der Waals surface area contributed by atoms with Crippen LogP contribution in [0.3, 0.4) is 0 Å². The molecule has 0 radical (unpaired) electrons. The minimum absolute atomic E-state index is 0.0676. The van der Waals surface area contributed by atoms with Gasteiger partial charge in [-0.15, -0.1) is 11.3 Å². The van der Waals surface area contributed by atoms with E-state index in [-0.39, 0.29) is 11.6 Å². The molecule has 33 heavy (non-hydrogen) atoms. The lowest BCUT2D eigenvalue weighted by molar-refractivity contribution is 0.585. The lowest BCUT2D eigenvalue weighted by atomic mass is 10.1. The Morgan fingerprint density at radius 3 is 2.61 bits per heavy atom. The molecular formula is C23H26N8OS. The van der Waals surface area contributed by atoms with Crippen molar-refractivity contribution in [2.75, 3.05) is 36.4 Å². The van der Waals surface area contributed by atoms with Crippen LogP contribution < -0.4 is 21.1 Å². The van der Waals surface area contributed by atoms with E-state index < -0.39 is 0 Å². The van der Waals surface area contributed by atoms with Crippen LogP contribution in [0.15, 0.2) is 40.9 Å². The van der Waals surface area contributed by atoms with E-state index in [0.29, 0.717) is 22.2 Å². The van der Waals surface area contributed by atoms with Gasteiger partial charge < -0.3 is 15.5 Å². The highest BCUT2D eigenvalue weighted by atomic mass is 32.1. The third-order valence-corrected chi connectivity index (χ3v) is 6.61. The van der Waals surface area contributed by atoms with Gasteiger partial charge in [-0.25, -0.2) is 15.0 Å². The molecule has 4 aromatic rings. The fraction of sp³-hybridized carbons (Fsp3) is 0.348. The van der Waals surface area contributed by atoms with Gasteiger partial charge in [0.05, 0.1) is 17.4 Å². The van der Waals surface area contributed by atoms with E-state index >= 15 is 0 Å². The third kappa shape index (κ3) is 4.07. The van der Waals surface area contributed by atoms with E-state index in [1.807, 2.05) is 38.3 Å². The van der Waals surface area contributed by atoms with Gasteiger partial charge in [0.25, 0.3) is 5.56 Å². The van der Waals surface area contributed by atoms with Crippen molar-refractivity contribution in [3.63, 3.8) is 0 Å². The minimum Gasteiger partial charge on any atom is -0.354 e. The number of nitrogens with one attached hydrogen (secondary N) is 2. The quantitative estimate of drug-likeness (QED) is 0.466. The summed E-state index contributed by atoms with van der Waals surface area (Å²) in [6.45, 7) is 9.72. The number of fused-ring (bicyclic) bond motifs is 1. The topological polar surface area (TPSA) is 101 Å². The van der Waals surface area contributed by atoms with Crippen molar-refractivity contribution in [3.05, 3.63) is 52.0 Å². The Balaban J connectivity index is 1.51. The molecule has 0 spiro atoms. The SMILES string of the molecule is Cc1c(-c2nccs2)c(=O)n(C(C)C)c2nc(Nc3ccc(N4CCNCC4)nc3)ncc12. The molecule has 10 heteroatoms. The number of piperazine rings is 1. The molecule has 1 fully saturated rings. The number of aryl methyl sites for hydroxylation is 1. The summed E-state index contributed by atoms with van der Waals surface area (Å²) in [5.74, 6) is 1.38. The van der Waals surface area contributed by atoms with Crippen molar-refractivity contribution < 1.29 is 0 Å². The van der Waals surface area contributed by atoms with E-state index in [1.165, 1.54) is 11.3 Å². The first-order valence-electron chi connectivity index (χ1n) is 11.0. The Kier molecular flexibility index (Phi) is 5.77. The molecular weight excluding hydrogens is 436 g/mol. The van der Waals surface area contributed by atoms with Crippen LogP contribution in [-0.4, -0.2) is 50.7 Å². The van der Waals surface area contributed by atoms with Crippen molar-refractivity contribution in [2.24, 2.45) is 0 Å². The van der Waals surface area contributed by atoms with Gasteiger partial charge in [-0.2, -0.15) is 4.98 Å². The van der Waals surface area contributed by atoms with E-state index in [0.717, 1.165) is 48.6 Å². The molecule has 0 atom stereocenters. The average Bonchev–Trinajstić information content (AvgIpc) is 3.34. The number of anilines is 3. The fourth-order valence-electron chi connectivity index (χ4n) is 4.14. The second-order valence-corrected chi connectivity index (χ2v) is 9.20. The van der Waals surface area contributed by atoms with Crippen LogP contribution in [0.2, 0.25) is 0 Å². The van der Waals surface area contributed by atoms with Gasteiger partial charge in [0.2, 0.25) is 5.95 Å². The number of aromatic nitrogens is 5. The molecule has 9 nitrogen and oxygen atoms in total. The predicted molar refractivity (Wildman–Crippen MR) is 133 cm³/mol. The maximum Gasteiger partial charge on any atom is 0.263 e. The van der Waals surface area contributed by atoms with Crippen molar-refractivity contribution in [3.8, 4) is 10.6 Å². The normalized spacial score (nSPS) is 14.2. The van der Waals surface area contributed by atoms with Crippen LogP contribution in [0.25, 0.3) is 21.6 Å². The van der Waals surface area contributed by atoms with Crippen molar-refractivity contribution in [1.29, 1.82) is 0 Å². The zero-order chi connectivity index (χ0) is 22.9. The van der Waals surface area contributed by atoms with E-state index in [2.05, 4.69) is 30.5 Å². The number of rotatable bonds is 5. The summed E-state index contributed by atoms with van der Waals surface area (Å²) in [5, 5.41) is 10.0. The van der Waals surface area contributed by atoms with Crippen LogP contribution in [0.4, 0.5) is 17.5 Å². The summed E-state index contributed by atoms with van der Waals surface area (Å²) in [6, 6.07) is 3.91. The van der Waals surface area contributed by atoms with Crippen molar-refractivity contribution >= 4 is 39.8 Å². The summed E-state index contributed by atoms with van der Waals surface area (Å²) in [4.78, 5) is 33.9. The maximum atomic E-state index is 13.4. The molecule has 0 bridgehead atoms. The summed E-state index contributed by atoms with van der Waals surface area (Å²) in [5.41, 5.74) is 2.77. The van der Waals surface area contributed by atoms with Crippen LogP contribution >= 0.6 is 11.3 Å². The molecule has 2 N–H and O–H groups in total. The molecule has 5 heterocycles. The van der Waals surface area contributed by atoms with Crippen molar-refractivity contribution in [1.82, 2.24) is 29.8 Å². The summed E-state index contributed by atoms with van der Waals surface area (Å²) >= 11 is 1.46. The molecule has 0 aliphatic carbocycles. The standard InChI is InChI=1S/C23H26N8OS/c1-14(2)31-20-17(15(3)19(22(31)32)21-25-8-11-33-21)13-27-23(29-20)28-16-4-5-18(26-12-16)30-9-6-24-7-10-30/h4-5,8,11-14,24H,6-7,9-10H2,1-3H3,(H,27,28,29). The molecule has 0 unspecified atom stereocenters. The molecule has 0 saturated carbocycles. The molecule has 1 saturated heterocycles. The number of nitrogens with zero attached hydrogens (tertiary/aromatic N) is 6. The summed E-state index contributed by atoms with van der Waals surface area (Å²) < 4.78 is 1.72. The van der Waals surface area contributed by atoms with E-state index in [4.69, 9.17) is 4.98 Å². The van der Waals surface area contributed by atoms with Gasteiger partial charge in [-0.05, 0) is 38.5 Å². The zero-order valence-electron chi connectivity index (χ0n) is 18.9. The van der Waals surface area contributed by atoms with Crippen LogP contribution in [0.5, 0.6) is 0 Å².